The van der Waals surface area contributed by atoms with Crippen LogP contribution in [0.1, 0.15) is 63.4 Å². The van der Waals surface area contributed by atoms with E-state index in [1.165, 1.54) is 0 Å². The molecular formula is C18H28O2P+. The van der Waals surface area contributed by atoms with Crippen LogP contribution in [0.15, 0.2) is 24.3 Å². The van der Waals surface area contributed by atoms with Crippen molar-refractivity contribution in [3.8, 4) is 0 Å². The normalized spacial score (nSPS) is 13.1. The third-order valence-electron chi connectivity index (χ3n) is 4.09. The van der Waals surface area contributed by atoms with E-state index in [0.717, 1.165) is 18.4 Å². The van der Waals surface area contributed by atoms with E-state index in [-0.39, 0.29) is 16.4 Å². The van der Waals surface area contributed by atoms with Crippen molar-refractivity contribution < 1.29 is 9.36 Å². The summed E-state index contributed by atoms with van der Waals surface area (Å²) < 4.78 is 12.5. The molecule has 2 nitrogen and oxygen atoms in total. The molecule has 1 atom stereocenters. The second-order valence-electron chi connectivity index (χ2n) is 7.52. The fourth-order valence-corrected chi connectivity index (χ4v) is 4.44. The smallest absolute Gasteiger partial charge is 0.234 e. The zero-order valence-electron chi connectivity index (χ0n) is 14.2. The minimum absolute atomic E-state index is 0.0920. The first-order chi connectivity index (χ1) is 9.58. The summed E-state index contributed by atoms with van der Waals surface area (Å²) >= 11 is 0. The van der Waals surface area contributed by atoms with Crippen LogP contribution in [-0.4, -0.2) is 11.7 Å². The Morgan fingerprint density at radius 1 is 1.10 bits per heavy atom. The van der Waals surface area contributed by atoms with Crippen LogP contribution in [0.5, 0.6) is 0 Å². The van der Waals surface area contributed by atoms with Gasteiger partial charge in [0.25, 0.3) is 0 Å². The molecule has 1 rings (SSSR count). The highest BCUT2D eigenvalue weighted by Crippen LogP contribution is 2.42. The lowest BCUT2D eigenvalue weighted by Crippen LogP contribution is -2.25. The number of rotatable bonds is 7. The van der Waals surface area contributed by atoms with Crippen molar-refractivity contribution in [1.29, 1.82) is 0 Å². The van der Waals surface area contributed by atoms with E-state index < -0.39 is 7.80 Å². The van der Waals surface area contributed by atoms with Gasteiger partial charge in [-0.1, -0.05) is 63.8 Å². The third-order valence-corrected chi connectivity index (χ3v) is 5.93. The van der Waals surface area contributed by atoms with Crippen LogP contribution < -0.4 is 0 Å². The van der Waals surface area contributed by atoms with Gasteiger partial charge < -0.3 is 0 Å². The zero-order valence-corrected chi connectivity index (χ0v) is 15.1. The van der Waals surface area contributed by atoms with Crippen molar-refractivity contribution in [1.82, 2.24) is 0 Å². The van der Waals surface area contributed by atoms with Gasteiger partial charge in [0.2, 0.25) is 0 Å². The fraction of sp³-hybridized carbons (Fsp3) is 0.611. The Labute approximate surface area is 130 Å². The molecular weight excluding hydrogens is 279 g/mol. The monoisotopic (exact) mass is 307 g/mol. The number of carbonyl (C=O) groups excluding carboxylic acids is 1. The third kappa shape index (κ3) is 5.36. The van der Waals surface area contributed by atoms with E-state index in [1.807, 2.05) is 25.1 Å². The highest BCUT2D eigenvalue weighted by molar-refractivity contribution is 7.64. The van der Waals surface area contributed by atoms with Crippen LogP contribution in [0, 0.1) is 17.8 Å². The van der Waals surface area contributed by atoms with Crippen LogP contribution in [0.25, 0.3) is 0 Å². The molecule has 1 unspecified atom stereocenters. The summed E-state index contributed by atoms with van der Waals surface area (Å²) in [5.74, 6) is 0. The van der Waals surface area contributed by atoms with Crippen molar-refractivity contribution in [2.75, 3.05) is 6.16 Å². The maximum Gasteiger partial charge on any atom is 0.420 e. The van der Waals surface area contributed by atoms with Crippen LogP contribution >= 0.6 is 7.80 Å². The van der Waals surface area contributed by atoms with E-state index in [2.05, 4.69) is 34.6 Å². The molecule has 0 N–H and O–H groups in total. The molecule has 116 valence electrons. The Balaban J connectivity index is 2.81. The first kappa shape index (κ1) is 18.0. The van der Waals surface area contributed by atoms with Gasteiger partial charge in [-0.15, -0.1) is 0 Å². The van der Waals surface area contributed by atoms with Crippen molar-refractivity contribution in [2.24, 2.45) is 10.8 Å². The average Bonchev–Trinajstić information content (AvgIpc) is 2.36. The minimum Gasteiger partial charge on any atom is -0.234 e. The molecule has 0 saturated heterocycles. The second kappa shape index (κ2) is 6.83. The molecule has 3 heteroatoms. The van der Waals surface area contributed by atoms with E-state index >= 15 is 0 Å². The molecule has 0 aliphatic heterocycles. The van der Waals surface area contributed by atoms with Gasteiger partial charge >= 0.3 is 13.3 Å². The predicted octanol–water partition coefficient (Wildman–Crippen LogP) is 5.82. The van der Waals surface area contributed by atoms with Crippen molar-refractivity contribution in [3.63, 3.8) is 0 Å². The van der Waals surface area contributed by atoms with E-state index in [4.69, 9.17) is 0 Å². The Kier molecular flexibility index (Phi) is 5.87. The van der Waals surface area contributed by atoms with Gasteiger partial charge in [0.05, 0.1) is 5.56 Å². The molecule has 0 radical (unpaired) electrons. The zero-order chi connectivity index (χ0) is 16.3. The number of hydrogen-bond donors (Lipinski definition) is 0. The van der Waals surface area contributed by atoms with E-state index in [9.17, 15) is 9.36 Å². The molecule has 1 aromatic rings. The molecule has 0 saturated carbocycles. The number of carbonyl (C=O) groups is 1. The Bertz CT molecular complexity index is 530. The number of hydrogen-bond acceptors (Lipinski definition) is 2. The molecule has 0 amide bonds. The van der Waals surface area contributed by atoms with E-state index in [0.29, 0.717) is 11.7 Å². The van der Waals surface area contributed by atoms with Crippen LogP contribution in [0.2, 0.25) is 0 Å². The van der Waals surface area contributed by atoms with Gasteiger partial charge in [0, 0.05) is 5.41 Å². The summed E-state index contributed by atoms with van der Waals surface area (Å²) in [4.78, 5) is 12.4. The van der Waals surface area contributed by atoms with Gasteiger partial charge in [-0.3, -0.25) is 0 Å². The Morgan fingerprint density at radius 3 is 2.19 bits per heavy atom. The van der Waals surface area contributed by atoms with Crippen molar-refractivity contribution in [3.05, 3.63) is 35.4 Å². The lowest BCUT2D eigenvalue weighted by Gasteiger charge is -2.31. The van der Waals surface area contributed by atoms with Gasteiger partial charge in [-0.05, 0) is 30.4 Å². The van der Waals surface area contributed by atoms with Gasteiger partial charge in [0.1, 0.15) is 0 Å². The summed E-state index contributed by atoms with van der Waals surface area (Å²) in [6.07, 6.45) is 2.51. The highest BCUT2D eigenvalue weighted by Gasteiger charge is 2.39. The van der Waals surface area contributed by atoms with Crippen molar-refractivity contribution >= 4 is 13.3 Å². The second-order valence-corrected chi connectivity index (χ2v) is 8.99. The van der Waals surface area contributed by atoms with Gasteiger partial charge in [-0.2, -0.15) is 0 Å². The Hall–Kier alpha value is -1.01. The molecule has 0 bridgehead atoms. The standard InChI is InChI=1S/C18H28O2P/c1-7-17(3,4)12-18(5,6)13-21(20)16(19)15-11-9-8-10-14(15)2/h8-11H,7,12-13H2,1-6H3/q+1. The summed E-state index contributed by atoms with van der Waals surface area (Å²) in [5, 5.41) is 0. The summed E-state index contributed by atoms with van der Waals surface area (Å²) in [7, 11) is -1.87. The molecule has 0 heterocycles. The lowest BCUT2D eigenvalue weighted by atomic mass is 9.75. The Morgan fingerprint density at radius 2 is 1.67 bits per heavy atom. The largest absolute Gasteiger partial charge is 0.420 e. The summed E-state index contributed by atoms with van der Waals surface area (Å²) in [6.45, 7) is 12.7. The molecule has 21 heavy (non-hydrogen) atoms. The molecule has 0 fully saturated rings. The maximum atomic E-state index is 12.5. The topological polar surface area (TPSA) is 34.1 Å². The van der Waals surface area contributed by atoms with Crippen LogP contribution in [0.3, 0.4) is 0 Å². The molecule has 0 aliphatic carbocycles. The summed E-state index contributed by atoms with van der Waals surface area (Å²) in [5.41, 5.74) is 1.42. The quantitative estimate of drug-likeness (QED) is 0.595. The number of aryl methyl sites for hydroxylation is 1. The van der Waals surface area contributed by atoms with Gasteiger partial charge in [0.15, 0.2) is 6.16 Å². The summed E-state index contributed by atoms with van der Waals surface area (Å²) in [6, 6.07) is 7.39. The fourth-order valence-electron chi connectivity index (χ4n) is 2.88. The molecule has 1 aromatic carbocycles. The lowest BCUT2D eigenvalue weighted by molar-refractivity contribution is 0.107. The maximum absolute atomic E-state index is 12.5. The average molecular weight is 307 g/mol. The first-order valence-corrected chi connectivity index (χ1v) is 9.07. The molecule has 0 aliphatic rings. The first-order valence-electron chi connectivity index (χ1n) is 7.63. The predicted molar refractivity (Wildman–Crippen MR) is 90.5 cm³/mol. The highest BCUT2D eigenvalue weighted by atomic mass is 31.1. The van der Waals surface area contributed by atoms with Crippen LogP contribution in [-0.2, 0) is 4.57 Å². The van der Waals surface area contributed by atoms with Crippen LogP contribution in [0.4, 0.5) is 0 Å². The molecule has 0 spiro atoms. The van der Waals surface area contributed by atoms with Crippen molar-refractivity contribution in [2.45, 2.75) is 54.4 Å². The minimum atomic E-state index is -1.87. The SMILES string of the molecule is CCC(C)(C)CC(C)(C)C[P+](=O)C(=O)c1ccccc1C. The van der Waals surface area contributed by atoms with E-state index in [1.54, 1.807) is 6.07 Å². The number of benzene rings is 1. The molecule has 0 aromatic heterocycles. The van der Waals surface area contributed by atoms with Gasteiger partial charge in [-0.25, -0.2) is 4.79 Å².